The molecule has 7 heteroatoms. The van der Waals surface area contributed by atoms with Gasteiger partial charge in [-0.3, -0.25) is 14.8 Å². The molecular weight excluding hydrogens is 396 g/mol. The van der Waals surface area contributed by atoms with E-state index in [4.69, 9.17) is 15.1 Å². The van der Waals surface area contributed by atoms with Crippen molar-refractivity contribution < 1.29 is 24.6 Å². The molecule has 1 aliphatic heterocycles. The number of benzene rings is 2. The zero-order valence-corrected chi connectivity index (χ0v) is 18.0. The molecule has 1 atom stereocenters. The van der Waals surface area contributed by atoms with Crippen LogP contribution in [0.5, 0.6) is 5.75 Å². The summed E-state index contributed by atoms with van der Waals surface area (Å²) >= 11 is 0. The average molecular weight is 429 g/mol. The summed E-state index contributed by atoms with van der Waals surface area (Å²) in [7, 11) is 1.00. The minimum Gasteiger partial charge on any atom is -0.489 e. The van der Waals surface area contributed by atoms with Crippen molar-refractivity contribution in [3.05, 3.63) is 65.7 Å². The maximum atomic E-state index is 12.9. The van der Waals surface area contributed by atoms with Crippen LogP contribution in [0.4, 0.5) is 0 Å². The Labute approximate surface area is 183 Å². The van der Waals surface area contributed by atoms with Gasteiger partial charge in [0.25, 0.3) is 0 Å². The summed E-state index contributed by atoms with van der Waals surface area (Å²) < 4.78 is 5.80. The topological polar surface area (TPSA) is 99.1 Å². The van der Waals surface area contributed by atoms with Gasteiger partial charge >= 0.3 is 0 Å². The zero-order valence-electron chi connectivity index (χ0n) is 18.0. The van der Waals surface area contributed by atoms with E-state index >= 15 is 0 Å². The highest BCUT2D eigenvalue weighted by atomic mass is 16.5. The molecule has 0 aromatic heterocycles. The standard InChI is InChI=1S/C23H28N2O4.CH4O/c26-22(24-28)16-20(23(27)25-13-5-2-6-14-25)15-18-9-11-21(12-10-18)29-17-19-7-3-1-4-8-19;1-2/h1,3-4,7-12,20,28H,2,5-6,13-17H2,(H,24,26);2H,1H3. The molecule has 1 saturated heterocycles. The Hall–Kier alpha value is -2.90. The number of hydrogen-bond donors (Lipinski definition) is 3. The van der Waals surface area contributed by atoms with Crippen LogP contribution in [0, 0.1) is 5.92 Å². The number of aliphatic hydroxyl groups is 1. The molecule has 3 N–H and O–H groups in total. The van der Waals surface area contributed by atoms with E-state index in [0.29, 0.717) is 13.0 Å². The second-order valence-electron chi connectivity index (χ2n) is 7.44. The Balaban J connectivity index is 0.00000166. The van der Waals surface area contributed by atoms with E-state index in [1.54, 1.807) is 5.48 Å². The summed E-state index contributed by atoms with van der Waals surface area (Å²) in [6.45, 7) is 1.97. The van der Waals surface area contributed by atoms with Crippen molar-refractivity contribution in [2.24, 2.45) is 5.92 Å². The van der Waals surface area contributed by atoms with Crippen LogP contribution in [0.2, 0.25) is 0 Å². The van der Waals surface area contributed by atoms with E-state index in [0.717, 1.165) is 56.3 Å². The number of carbonyl (C=O) groups excluding carboxylic acids is 2. The number of nitrogens with zero attached hydrogens (tertiary/aromatic N) is 1. The molecule has 31 heavy (non-hydrogen) atoms. The molecule has 0 radical (unpaired) electrons. The number of likely N-dealkylation sites (tertiary alicyclic amines) is 1. The molecule has 1 aliphatic rings. The summed E-state index contributed by atoms with van der Waals surface area (Å²) in [5.41, 5.74) is 3.70. The van der Waals surface area contributed by atoms with Gasteiger partial charge < -0.3 is 14.7 Å². The lowest BCUT2D eigenvalue weighted by atomic mass is 9.93. The first-order chi connectivity index (χ1) is 15.2. The number of nitrogens with one attached hydrogen (secondary N) is 1. The number of ether oxygens (including phenoxy) is 1. The van der Waals surface area contributed by atoms with Crippen molar-refractivity contribution in [1.82, 2.24) is 10.4 Å². The number of rotatable bonds is 8. The second kappa shape index (κ2) is 13.4. The third kappa shape index (κ3) is 8.03. The molecule has 3 rings (SSSR count). The first-order valence-corrected chi connectivity index (χ1v) is 10.6. The number of carbonyl (C=O) groups is 2. The smallest absolute Gasteiger partial charge is 0.244 e. The number of aliphatic hydroxyl groups excluding tert-OH is 1. The summed E-state index contributed by atoms with van der Waals surface area (Å²) in [5.74, 6) is -0.290. The molecule has 2 aromatic rings. The van der Waals surface area contributed by atoms with Crippen LogP contribution in [0.15, 0.2) is 54.6 Å². The highest BCUT2D eigenvalue weighted by molar-refractivity contribution is 5.85. The van der Waals surface area contributed by atoms with Crippen molar-refractivity contribution in [1.29, 1.82) is 0 Å². The van der Waals surface area contributed by atoms with Gasteiger partial charge in [0, 0.05) is 26.6 Å². The lowest BCUT2D eigenvalue weighted by Crippen LogP contribution is -2.41. The SMILES string of the molecule is CO.O=C(CC(Cc1ccc(OCc2ccccc2)cc1)C(=O)N1CCCCC1)NO. The minimum absolute atomic E-state index is 0.0160. The highest BCUT2D eigenvalue weighted by Crippen LogP contribution is 2.21. The lowest BCUT2D eigenvalue weighted by Gasteiger charge is -2.30. The van der Waals surface area contributed by atoms with E-state index in [1.165, 1.54) is 0 Å². The Morgan fingerprint density at radius 1 is 0.968 bits per heavy atom. The average Bonchev–Trinajstić information content (AvgIpc) is 2.85. The lowest BCUT2D eigenvalue weighted by molar-refractivity contribution is -0.141. The molecule has 7 nitrogen and oxygen atoms in total. The first-order valence-electron chi connectivity index (χ1n) is 10.6. The van der Waals surface area contributed by atoms with Gasteiger partial charge in [-0.25, -0.2) is 5.48 Å². The first kappa shape index (κ1) is 24.4. The maximum Gasteiger partial charge on any atom is 0.244 e. The fraction of sp³-hybridized carbons (Fsp3) is 0.417. The van der Waals surface area contributed by atoms with Crippen LogP contribution in [0.1, 0.15) is 36.8 Å². The third-order valence-electron chi connectivity index (χ3n) is 5.23. The fourth-order valence-electron chi connectivity index (χ4n) is 3.64. The van der Waals surface area contributed by atoms with Crippen LogP contribution < -0.4 is 10.2 Å². The van der Waals surface area contributed by atoms with Gasteiger partial charge in [0.2, 0.25) is 11.8 Å². The Morgan fingerprint density at radius 2 is 1.61 bits per heavy atom. The van der Waals surface area contributed by atoms with Gasteiger partial charge in [0.1, 0.15) is 12.4 Å². The quantitative estimate of drug-likeness (QED) is 0.444. The predicted molar refractivity (Wildman–Crippen MR) is 118 cm³/mol. The van der Waals surface area contributed by atoms with Crippen molar-refractivity contribution >= 4 is 11.8 Å². The van der Waals surface area contributed by atoms with Gasteiger partial charge in [-0.1, -0.05) is 42.5 Å². The van der Waals surface area contributed by atoms with E-state index in [9.17, 15) is 9.59 Å². The summed E-state index contributed by atoms with van der Waals surface area (Å²) in [6, 6.07) is 17.6. The molecular formula is C24H32N2O5. The molecule has 1 fully saturated rings. The Kier molecular flexibility index (Phi) is 10.5. The largest absolute Gasteiger partial charge is 0.489 e. The van der Waals surface area contributed by atoms with Crippen LogP contribution in [-0.4, -0.2) is 47.2 Å². The molecule has 0 bridgehead atoms. The van der Waals surface area contributed by atoms with Crippen molar-refractivity contribution in [2.45, 2.75) is 38.7 Å². The minimum atomic E-state index is -0.539. The van der Waals surface area contributed by atoms with E-state index in [1.807, 2.05) is 59.5 Å². The molecule has 1 heterocycles. The van der Waals surface area contributed by atoms with Crippen LogP contribution in [-0.2, 0) is 22.6 Å². The summed E-state index contributed by atoms with van der Waals surface area (Å²) in [4.78, 5) is 26.5. The molecule has 1 unspecified atom stereocenters. The van der Waals surface area contributed by atoms with Crippen LogP contribution >= 0.6 is 0 Å². The van der Waals surface area contributed by atoms with Crippen molar-refractivity contribution in [3.63, 3.8) is 0 Å². The number of piperidine rings is 1. The molecule has 0 saturated carbocycles. The molecule has 0 spiro atoms. The summed E-state index contributed by atoms with van der Waals surface area (Å²) in [6.07, 6.45) is 3.55. The second-order valence-corrected chi connectivity index (χ2v) is 7.44. The molecule has 0 aliphatic carbocycles. The zero-order chi connectivity index (χ0) is 22.5. The number of hydrogen-bond acceptors (Lipinski definition) is 5. The van der Waals surface area contributed by atoms with Gasteiger partial charge in [0.05, 0.1) is 5.92 Å². The van der Waals surface area contributed by atoms with Crippen molar-refractivity contribution in [3.8, 4) is 5.75 Å². The van der Waals surface area contributed by atoms with Gasteiger partial charge in [-0.05, 0) is 48.9 Å². The normalized spacial score (nSPS) is 14.1. The van der Waals surface area contributed by atoms with E-state index in [2.05, 4.69) is 0 Å². The van der Waals surface area contributed by atoms with Gasteiger partial charge in [0.15, 0.2) is 0 Å². The molecule has 168 valence electrons. The van der Waals surface area contributed by atoms with Crippen molar-refractivity contribution in [2.75, 3.05) is 20.2 Å². The number of hydroxylamine groups is 1. The van der Waals surface area contributed by atoms with Gasteiger partial charge in [-0.15, -0.1) is 0 Å². The predicted octanol–water partition coefficient (Wildman–Crippen LogP) is 2.94. The summed E-state index contributed by atoms with van der Waals surface area (Å²) in [5, 5.41) is 15.9. The molecule has 2 aromatic carbocycles. The third-order valence-corrected chi connectivity index (χ3v) is 5.23. The highest BCUT2D eigenvalue weighted by Gasteiger charge is 2.27. The maximum absolute atomic E-state index is 12.9. The van der Waals surface area contributed by atoms with Gasteiger partial charge in [-0.2, -0.15) is 0 Å². The molecule has 2 amide bonds. The monoisotopic (exact) mass is 428 g/mol. The Morgan fingerprint density at radius 3 is 2.23 bits per heavy atom. The Bertz CT molecular complexity index is 789. The van der Waals surface area contributed by atoms with Crippen LogP contribution in [0.3, 0.4) is 0 Å². The number of amides is 2. The van der Waals surface area contributed by atoms with Crippen LogP contribution in [0.25, 0.3) is 0 Å². The fourth-order valence-corrected chi connectivity index (χ4v) is 3.64. The van der Waals surface area contributed by atoms with E-state index < -0.39 is 11.8 Å². The van der Waals surface area contributed by atoms with E-state index in [-0.39, 0.29) is 12.3 Å².